The summed E-state index contributed by atoms with van der Waals surface area (Å²) >= 11 is 0. The summed E-state index contributed by atoms with van der Waals surface area (Å²) in [6.07, 6.45) is 0.806. The van der Waals surface area contributed by atoms with E-state index in [1.54, 1.807) is 0 Å². The van der Waals surface area contributed by atoms with Crippen molar-refractivity contribution in [3.63, 3.8) is 0 Å². The summed E-state index contributed by atoms with van der Waals surface area (Å²) in [6.45, 7) is 0.532. The molecule has 2 atom stereocenters. The van der Waals surface area contributed by atoms with Gasteiger partial charge in [-0.1, -0.05) is 30.3 Å². The summed E-state index contributed by atoms with van der Waals surface area (Å²) in [5.74, 6) is 0.0662. The lowest BCUT2D eigenvalue weighted by Gasteiger charge is -2.14. The molecule has 3 nitrogen and oxygen atoms in total. The molecule has 0 heterocycles. The molecule has 0 amide bonds. The zero-order valence-corrected chi connectivity index (χ0v) is 8.77. The number of ether oxygens (including phenoxy) is 1. The van der Waals surface area contributed by atoms with Gasteiger partial charge in [0, 0.05) is 0 Å². The number of esters is 1. The topological polar surface area (TPSA) is 52.3 Å². The Morgan fingerprint density at radius 2 is 2.20 bits per heavy atom. The normalized spacial score (nSPS) is 28.5. The van der Waals surface area contributed by atoms with Gasteiger partial charge in [0.15, 0.2) is 0 Å². The molecule has 1 aromatic carbocycles. The predicted molar refractivity (Wildman–Crippen MR) is 57.3 cm³/mol. The smallest absolute Gasteiger partial charge is 0.316 e. The van der Waals surface area contributed by atoms with Crippen molar-refractivity contribution in [1.82, 2.24) is 0 Å². The van der Waals surface area contributed by atoms with Gasteiger partial charge in [-0.05, 0) is 24.4 Å². The van der Waals surface area contributed by atoms with Crippen molar-refractivity contribution in [2.45, 2.75) is 11.8 Å². The maximum absolute atomic E-state index is 11.8. The van der Waals surface area contributed by atoms with Gasteiger partial charge in [0.2, 0.25) is 0 Å². The van der Waals surface area contributed by atoms with Gasteiger partial charge < -0.3 is 10.5 Å². The van der Waals surface area contributed by atoms with E-state index in [-0.39, 0.29) is 11.9 Å². The predicted octanol–water partition coefficient (Wildman–Crippen LogP) is 1.08. The van der Waals surface area contributed by atoms with Crippen LogP contribution in [0.2, 0.25) is 0 Å². The molecule has 0 spiro atoms. The van der Waals surface area contributed by atoms with Gasteiger partial charge in [-0.15, -0.1) is 0 Å². The van der Waals surface area contributed by atoms with Crippen molar-refractivity contribution in [2.24, 2.45) is 11.7 Å². The van der Waals surface area contributed by atoms with E-state index in [0.717, 1.165) is 12.0 Å². The van der Waals surface area contributed by atoms with E-state index in [9.17, 15) is 4.79 Å². The monoisotopic (exact) mass is 205 g/mol. The molecule has 80 valence electrons. The van der Waals surface area contributed by atoms with Crippen LogP contribution in [0.3, 0.4) is 0 Å². The van der Waals surface area contributed by atoms with E-state index in [0.29, 0.717) is 6.54 Å². The van der Waals surface area contributed by atoms with Crippen molar-refractivity contribution in [3.05, 3.63) is 35.9 Å². The van der Waals surface area contributed by atoms with Crippen LogP contribution < -0.4 is 5.73 Å². The van der Waals surface area contributed by atoms with E-state index in [2.05, 4.69) is 0 Å². The lowest BCUT2D eigenvalue weighted by atomic mass is 9.93. The second-order valence-corrected chi connectivity index (χ2v) is 3.97. The molecule has 15 heavy (non-hydrogen) atoms. The highest BCUT2D eigenvalue weighted by molar-refractivity contribution is 5.87. The van der Waals surface area contributed by atoms with Gasteiger partial charge in [0.1, 0.15) is 0 Å². The number of benzene rings is 1. The number of carbonyl (C=O) groups excluding carboxylic acids is 1. The third-order valence-corrected chi connectivity index (χ3v) is 3.23. The van der Waals surface area contributed by atoms with Crippen molar-refractivity contribution in [1.29, 1.82) is 0 Å². The Bertz CT molecular complexity index is 363. The summed E-state index contributed by atoms with van der Waals surface area (Å²) in [7, 11) is 1.43. The van der Waals surface area contributed by atoms with Gasteiger partial charge in [-0.3, -0.25) is 4.79 Å². The molecule has 2 rings (SSSR count). The highest BCUT2D eigenvalue weighted by Gasteiger charge is 2.61. The quantitative estimate of drug-likeness (QED) is 0.751. The maximum atomic E-state index is 11.8. The minimum atomic E-state index is -0.467. The summed E-state index contributed by atoms with van der Waals surface area (Å²) in [5.41, 5.74) is 6.18. The lowest BCUT2D eigenvalue weighted by Crippen LogP contribution is -2.26. The molecule has 0 bridgehead atoms. The van der Waals surface area contributed by atoms with Crippen LogP contribution in [0, 0.1) is 5.92 Å². The number of hydrogen-bond donors (Lipinski definition) is 1. The molecule has 2 N–H and O–H groups in total. The van der Waals surface area contributed by atoms with Gasteiger partial charge >= 0.3 is 5.97 Å². The van der Waals surface area contributed by atoms with Crippen LogP contribution >= 0.6 is 0 Å². The van der Waals surface area contributed by atoms with Gasteiger partial charge in [-0.2, -0.15) is 0 Å². The second kappa shape index (κ2) is 3.66. The van der Waals surface area contributed by atoms with Crippen LogP contribution in [0.1, 0.15) is 12.0 Å². The molecular weight excluding hydrogens is 190 g/mol. The molecule has 1 aliphatic carbocycles. The number of methoxy groups -OCH3 is 1. The fourth-order valence-corrected chi connectivity index (χ4v) is 2.25. The van der Waals surface area contributed by atoms with Gasteiger partial charge in [0.05, 0.1) is 12.5 Å². The molecule has 1 aliphatic rings. The zero-order valence-electron chi connectivity index (χ0n) is 8.77. The Hall–Kier alpha value is -1.35. The first-order valence-electron chi connectivity index (χ1n) is 5.09. The van der Waals surface area contributed by atoms with Gasteiger partial charge in [0.25, 0.3) is 0 Å². The average Bonchev–Trinajstić information content (AvgIpc) is 3.05. The zero-order chi connectivity index (χ0) is 10.9. The maximum Gasteiger partial charge on any atom is 0.316 e. The highest BCUT2D eigenvalue weighted by atomic mass is 16.5. The van der Waals surface area contributed by atoms with E-state index < -0.39 is 5.41 Å². The SMILES string of the molecule is COC(=O)C1(c2ccccc2)CC1CN. The minimum absolute atomic E-state index is 0.163. The molecule has 2 unspecified atom stereocenters. The van der Waals surface area contributed by atoms with E-state index in [1.807, 2.05) is 30.3 Å². The average molecular weight is 205 g/mol. The van der Waals surface area contributed by atoms with Crippen molar-refractivity contribution < 1.29 is 9.53 Å². The molecule has 0 aliphatic heterocycles. The van der Waals surface area contributed by atoms with Crippen LogP contribution in [0.4, 0.5) is 0 Å². The molecule has 0 aromatic heterocycles. The van der Waals surface area contributed by atoms with Crippen molar-refractivity contribution in [2.75, 3.05) is 13.7 Å². The second-order valence-electron chi connectivity index (χ2n) is 3.97. The summed E-state index contributed by atoms with van der Waals surface area (Å²) < 4.78 is 4.87. The Kier molecular flexibility index (Phi) is 2.49. The molecule has 1 saturated carbocycles. The molecule has 1 aromatic rings. The first-order chi connectivity index (χ1) is 7.25. The highest BCUT2D eigenvalue weighted by Crippen LogP contribution is 2.54. The number of rotatable bonds is 3. The van der Waals surface area contributed by atoms with Crippen molar-refractivity contribution in [3.8, 4) is 0 Å². The molecule has 1 fully saturated rings. The number of hydrogen-bond acceptors (Lipinski definition) is 3. The van der Waals surface area contributed by atoms with Gasteiger partial charge in [-0.25, -0.2) is 0 Å². The lowest BCUT2D eigenvalue weighted by molar-refractivity contribution is -0.144. The Morgan fingerprint density at radius 1 is 1.53 bits per heavy atom. The van der Waals surface area contributed by atoms with Crippen molar-refractivity contribution >= 4 is 5.97 Å². The molecular formula is C12H15NO2. The summed E-state index contributed by atoms with van der Waals surface area (Å²) in [4.78, 5) is 11.8. The van der Waals surface area contributed by atoms with E-state index in [1.165, 1.54) is 7.11 Å². The van der Waals surface area contributed by atoms with Crippen LogP contribution in [0.15, 0.2) is 30.3 Å². The van der Waals surface area contributed by atoms with Crippen LogP contribution in [-0.2, 0) is 14.9 Å². The van der Waals surface area contributed by atoms with E-state index in [4.69, 9.17) is 10.5 Å². The number of nitrogens with two attached hydrogens (primary N) is 1. The van der Waals surface area contributed by atoms with Crippen LogP contribution in [0.25, 0.3) is 0 Å². The molecule has 0 radical (unpaired) electrons. The van der Waals surface area contributed by atoms with E-state index >= 15 is 0 Å². The first-order valence-corrected chi connectivity index (χ1v) is 5.09. The Labute approximate surface area is 89.2 Å². The molecule has 0 saturated heterocycles. The third kappa shape index (κ3) is 1.43. The molecule has 3 heteroatoms. The fourth-order valence-electron chi connectivity index (χ4n) is 2.25. The third-order valence-electron chi connectivity index (χ3n) is 3.23. The minimum Gasteiger partial charge on any atom is -0.468 e. The summed E-state index contributed by atoms with van der Waals surface area (Å²) in [6, 6.07) is 9.74. The Balaban J connectivity index is 2.34. The fraction of sp³-hybridized carbons (Fsp3) is 0.417. The standard InChI is InChI=1S/C12H15NO2/c1-15-11(14)12(7-10(12)8-13)9-5-3-2-4-6-9/h2-6,10H,7-8,13H2,1H3. The Morgan fingerprint density at radius 3 is 2.67 bits per heavy atom. The van der Waals surface area contributed by atoms with Crippen LogP contribution in [-0.4, -0.2) is 19.6 Å². The summed E-state index contributed by atoms with van der Waals surface area (Å²) in [5, 5.41) is 0. The number of carbonyl (C=O) groups is 1. The largest absolute Gasteiger partial charge is 0.468 e. The van der Waals surface area contributed by atoms with Crippen LogP contribution in [0.5, 0.6) is 0 Å². The first kappa shape index (κ1) is 10.2.